The van der Waals surface area contributed by atoms with Gasteiger partial charge < -0.3 is 5.73 Å². The SMILES string of the molecule is CC(CCSC(F)(F)F)(C(N)=O)S(=O)(=O)CCC(F)(F)C(F)(F)F. The topological polar surface area (TPSA) is 77.2 Å². The number of alkyl halides is 8. The monoisotopic (exact) mass is 411 g/mol. The standard InChI is InChI=1S/C10H13F8NO3S2/c1-7(6(19)20,2-4-23-10(16,17)18)24(21,22)5-3-8(11,12)9(13,14)15/h2-5H2,1H3,(H2,19,20). The maximum atomic E-state index is 12.8. The number of rotatable bonds is 8. The number of primary amides is 1. The van der Waals surface area contributed by atoms with E-state index in [1.54, 1.807) is 0 Å². The third-order valence-corrected chi connectivity index (χ3v) is 6.41. The van der Waals surface area contributed by atoms with Crippen LogP contribution in [-0.2, 0) is 14.6 Å². The maximum absolute atomic E-state index is 12.8. The predicted molar refractivity (Wildman–Crippen MR) is 70.1 cm³/mol. The van der Waals surface area contributed by atoms with Crippen LogP contribution >= 0.6 is 11.8 Å². The summed E-state index contributed by atoms with van der Waals surface area (Å²) in [5.41, 5.74) is 0.0693. The molecule has 1 atom stereocenters. The van der Waals surface area contributed by atoms with Gasteiger partial charge in [0.15, 0.2) is 9.84 Å². The Morgan fingerprint density at radius 2 is 1.46 bits per heavy atom. The fraction of sp³-hybridized carbons (Fsp3) is 0.900. The molecule has 0 rings (SSSR count). The van der Waals surface area contributed by atoms with Crippen LogP contribution in [0.3, 0.4) is 0 Å². The van der Waals surface area contributed by atoms with E-state index in [-0.39, 0.29) is 0 Å². The van der Waals surface area contributed by atoms with Crippen LogP contribution in [0.4, 0.5) is 35.1 Å². The Kier molecular flexibility index (Phi) is 6.98. The highest BCUT2D eigenvalue weighted by Crippen LogP contribution is 2.39. The highest BCUT2D eigenvalue weighted by molar-refractivity contribution is 8.00. The van der Waals surface area contributed by atoms with Crippen LogP contribution in [0.1, 0.15) is 19.8 Å². The molecule has 0 spiro atoms. The minimum absolute atomic E-state index is 0.591. The maximum Gasteiger partial charge on any atom is 0.453 e. The lowest BCUT2D eigenvalue weighted by Crippen LogP contribution is -2.50. The van der Waals surface area contributed by atoms with Crippen molar-refractivity contribution in [2.45, 2.75) is 42.1 Å². The van der Waals surface area contributed by atoms with E-state index in [4.69, 9.17) is 5.73 Å². The van der Waals surface area contributed by atoms with Crippen LogP contribution in [0.25, 0.3) is 0 Å². The molecule has 24 heavy (non-hydrogen) atoms. The van der Waals surface area contributed by atoms with Crippen LogP contribution in [-0.4, -0.2) is 48.2 Å². The summed E-state index contributed by atoms with van der Waals surface area (Å²) in [4.78, 5) is 11.3. The van der Waals surface area contributed by atoms with Crippen LogP contribution in [0, 0.1) is 0 Å². The summed E-state index contributed by atoms with van der Waals surface area (Å²) in [5, 5.41) is 0. The highest BCUT2D eigenvalue weighted by atomic mass is 32.2. The number of hydrogen-bond donors (Lipinski definition) is 1. The number of thioether (sulfide) groups is 1. The number of carbonyl (C=O) groups excluding carboxylic acids is 1. The molecule has 0 aliphatic heterocycles. The molecule has 4 nitrogen and oxygen atoms in total. The first-order valence-electron chi connectivity index (χ1n) is 6.03. The first kappa shape index (κ1) is 23.2. The molecule has 0 saturated carbocycles. The van der Waals surface area contributed by atoms with E-state index < -0.39 is 74.2 Å². The van der Waals surface area contributed by atoms with Crippen molar-refractivity contribution in [3.63, 3.8) is 0 Å². The molecule has 0 aromatic rings. The van der Waals surface area contributed by atoms with Crippen LogP contribution in [0.15, 0.2) is 0 Å². The quantitative estimate of drug-likeness (QED) is 0.624. The van der Waals surface area contributed by atoms with Gasteiger partial charge in [-0.15, -0.1) is 0 Å². The van der Waals surface area contributed by atoms with Crippen molar-refractivity contribution in [2.24, 2.45) is 5.73 Å². The van der Waals surface area contributed by atoms with Gasteiger partial charge in [-0.3, -0.25) is 4.79 Å². The fourth-order valence-electron chi connectivity index (χ4n) is 1.42. The second-order valence-electron chi connectivity index (χ2n) is 4.91. The van der Waals surface area contributed by atoms with Gasteiger partial charge in [0.05, 0.1) is 5.75 Å². The zero-order valence-electron chi connectivity index (χ0n) is 12.0. The van der Waals surface area contributed by atoms with Gasteiger partial charge in [0, 0.05) is 12.2 Å². The van der Waals surface area contributed by atoms with E-state index in [1.807, 2.05) is 0 Å². The van der Waals surface area contributed by atoms with Crippen molar-refractivity contribution in [3.8, 4) is 0 Å². The molecule has 1 amide bonds. The first-order valence-corrected chi connectivity index (χ1v) is 8.67. The minimum atomic E-state index is -6.00. The Morgan fingerprint density at radius 3 is 1.79 bits per heavy atom. The molecule has 2 N–H and O–H groups in total. The zero-order valence-corrected chi connectivity index (χ0v) is 13.6. The summed E-state index contributed by atoms with van der Waals surface area (Å²) in [5.74, 6) is -9.69. The largest absolute Gasteiger partial charge is 0.453 e. The Bertz CT molecular complexity index is 557. The summed E-state index contributed by atoms with van der Waals surface area (Å²) < 4.78 is 119. The van der Waals surface area contributed by atoms with Crippen molar-refractivity contribution in [3.05, 3.63) is 0 Å². The smallest absolute Gasteiger partial charge is 0.368 e. The Balaban J connectivity index is 5.25. The molecular formula is C10H13F8NO3S2. The number of sulfone groups is 1. The molecule has 1 unspecified atom stereocenters. The number of nitrogens with two attached hydrogens (primary N) is 1. The van der Waals surface area contributed by atoms with Gasteiger partial charge in [0.1, 0.15) is 4.75 Å². The predicted octanol–water partition coefficient (Wildman–Crippen LogP) is 2.88. The number of carbonyl (C=O) groups is 1. The molecule has 0 aliphatic rings. The molecule has 144 valence electrons. The summed E-state index contributed by atoms with van der Waals surface area (Å²) >= 11 is -0.679. The normalized spacial score (nSPS) is 16.7. The highest BCUT2D eigenvalue weighted by Gasteiger charge is 2.58. The van der Waals surface area contributed by atoms with Crippen molar-refractivity contribution >= 4 is 27.5 Å². The molecule has 0 aromatic carbocycles. The Morgan fingerprint density at radius 1 is 1.00 bits per heavy atom. The van der Waals surface area contributed by atoms with Crippen molar-refractivity contribution in [2.75, 3.05) is 11.5 Å². The van der Waals surface area contributed by atoms with Crippen molar-refractivity contribution in [1.29, 1.82) is 0 Å². The molecule has 0 saturated heterocycles. The third kappa shape index (κ3) is 5.93. The average molecular weight is 411 g/mol. The van der Waals surface area contributed by atoms with Crippen LogP contribution in [0.2, 0.25) is 0 Å². The lowest BCUT2D eigenvalue weighted by molar-refractivity contribution is -0.282. The second-order valence-corrected chi connectivity index (χ2v) is 8.61. The number of hydrogen-bond acceptors (Lipinski definition) is 4. The fourth-order valence-corrected chi connectivity index (χ4v) is 3.99. The summed E-state index contributed by atoms with van der Waals surface area (Å²) in [6, 6.07) is 0. The molecular weight excluding hydrogens is 398 g/mol. The van der Waals surface area contributed by atoms with E-state index in [9.17, 15) is 48.3 Å². The Hall–Kier alpha value is -0.790. The van der Waals surface area contributed by atoms with Gasteiger partial charge in [0.25, 0.3) is 0 Å². The van der Waals surface area contributed by atoms with E-state index in [0.717, 1.165) is 0 Å². The summed E-state index contributed by atoms with van der Waals surface area (Å²) in [6.45, 7) is 0.591. The first-order chi connectivity index (χ1) is 10.4. The van der Waals surface area contributed by atoms with E-state index in [1.165, 1.54) is 0 Å². The summed E-state index contributed by atoms with van der Waals surface area (Å²) in [6.07, 6.45) is -9.17. The number of amides is 1. The van der Waals surface area contributed by atoms with Crippen molar-refractivity contribution in [1.82, 2.24) is 0 Å². The van der Waals surface area contributed by atoms with Gasteiger partial charge in [-0.05, 0) is 13.3 Å². The molecule has 0 aliphatic carbocycles. The third-order valence-electron chi connectivity index (χ3n) is 3.15. The number of halogens is 8. The molecule has 0 radical (unpaired) electrons. The lowest BCUT2D eigenvalue weighted by atomic mass is 10.1. The zero-order chi connectivity index (χ0) is 19.6. The van der Waals surface area contributed by atoms with Crippen molar-refractivity contribution < 1.29 is 48.3 Å². The molecule has 0 bridgehead atoms. The van der Waals surface area contributed by atoms with Gasteiger partial charge in [0.2, 0.25) is 5.91 Å². The molecule has 0 aromatic heterocycles. The van der Waals surface area contributed by atoms with E-state index >= 15 is 0 Å². The second kappa shape index (κ2) is 7.22. The molecule has 14 heteroatoms. The average Bonchev–Trinajstić information content (AvgIpc) is 2.33. The van der Waals surface area contributed by atoms with Crippen LogP contribution in [0.5, 0.6) is 0 Å². The molecule has 0 heterocycles. The van der Waals surface area contributed by atoms with Crippen LogP contribution < -0.4 is 5.73 Å². The lowest BCUT2D eigenvalue weighted by Gasteiger charge is -2.27. The minimum Gasteiger partial charge on any atom is -0.368 e. The van der Waals surface area contributed by atoms with Gasteiger partial charge in [-0.25, -0.2) is 8.42 Å². The van der Waals surface area contributed by atoms with Gasteiger partial charge >= 0.3 is 17.6 Å². The Labute approximate surface area is 136 Å². The van der Waals surface area contributed by atoms with Gasteiger partial charge in [-0.1, -0.05) is 11.8 Å². The van der Waals surface area contributed by atoms with E-state index in [0.29, 0.717) is 6.92 Å². The van der Waals surface area contributed by atoms with Gasteiger partial charge in [-0.2, -0.15) is 35.1 Å². The molecule has 0 fully saturated rings. The van der Waals surface area contributed by atoms with E-state index in [2.05, 4.69) is 0 Å². The summed E-state index contributed by atoms with van der Waals surface area (Å²) in [7, 11) is -4.97.